The Bertz CT molecular complexity index is 380. The number of ether oxygens (including phenoxy) is 2. The van der Waals surface area contributed by atoms with Gasteiger partial charge in [0.1, 0.15) is 6.61 Å². The standard InChI is InChI=1S/C11H15Cl3O3Si/c1-18(2,3)8-5-4-6-16-9(8)10(15)17-7-11(12,13)14/h4-6,9H,7H2,1-3H3/t9-/m1/s1. The van der Waals surface area contributed by atoms with Gasteiger partial charge in [-0.05, 0) is 11.3 Å². The molecule has 0 bridgehead atoms. The summed E-state index contributed by atoms with van der Waals surface area (Å²) in [5.41, 5.74) is 0. The molecule has 1 heterocycles. The summed E-state index contributed by atoms with van der Waals surface area (Å²) in [6.07, 6.45) is 4.41. The third-order valence-corrected chi connectivity index (χ3v) is 4.80. The topological polar surface area (TPSA) is 35.5 Å². The second-order valence-corrected chi connectivity index (χ2v) is 12.5. The van der Waals surface area contributed by atoms with Gasteiger partial charge >= 0.3 is 5.97 Å². The van der Waals surface area contributed by atoms with Gasteiger partial charge in [-0.1, -0.05) is 60.5 Å². The first kappa shape index (κ1) is 15.9. The Morgan fingerprint density at radius 2 is 2.06 bits per heavy atom. The minimum absolute atomic E-state index is 0.293. The molecule has 1 aliphatic heterocycles. The predicted molar refractivity (Wildman–Crippen MR) is 76.7 cm³/mol. The molecule has 1 rings (SSSR count). The van der Waals surface area contributed by atoms with Crippen molar-refractivity contribution in [1.29, 1.82) is 0 Å². The highest BCUT2D eigenvalue weighted by atomic mass is 35.6. The largest absolute Gasteiger partial charge is 0.482 e. The van der Waals surface area contributed by atoms with E-state index in [9.17, 15) is 4.79 Å². The van der Waals surface area contributed by atoms with Crippen LogP contribution in [0.5, 0.6) is 0 Å². The average molecular weight is 330 g/mol. The minimum Gasteiger partial charge on any atom is -0.482 e. The molecular formula is C11H15Cl3O3Si. The fourth-order valence-corrected chi connectivity index (χ4v) is 3.21. The molecule has 0 aromatic carbocycles. The lowest BCUT2D eigenvalue weighted by Crippen LogP contribution is -2.40. The molecule has 18 heavy (non-hydrogen) atoms. The van der Waals surface area contributed by atoms with Crippen molar-refractivity contribution in [1.82, 2.24) is 0 Å². The Kier molecular flexibility index (Phi) is 5.18. The van der Waals surface area contributed by atoms with E-state index in [1.807, 2.05) is 6.08 Å². The molecule has 0 N–H and O–H groups in total. The molecule has 3 nitrogen and oxygen atoms in total. The lowest BCUT2D eigenvalue weighted by molar-refractivity contribution is -0.151. The Hall–Kier alpha value is -0.163. The fourth-order valence-electron chi connectivity index (χ4n) is 1.48. The zero-order valence-corrected chi connectivity index (χ0v) is 13.6. The quantitative estimate of drug-likeness (QED) is 0.451. The van der Waals surface area contributed by atoms with Crippen molar-refractivity contribution in [2.75, 3.05) is 6.61 Å². The van der Waals surface area contributed by atoms with Crippen molar-refractivity contribution in [2.24, 2.45) is 0 Å². The molecule has 0 saturated carbocycles. The normalized spacial score (nSPS) is 20.1. The van der Waals surface area contributed by atoms with Crippen molar-refractivity contribution in [3.8, 4) is 0 Å². The molecule has 7 heteroatoms. The molecule has 0 amide bonds. The van der Waals surface area contributed by atoms with Gasteiger partial charge < -0.3 is 9.47 Å². The third kappa shape index (κ3) is 4.84. The monoisotopic (exact) mass is 328 g/mol. The maximum atomic E-state index is 11.9. The number of hydrogen-bond acceptors (Lipinski definition) is 3. The van der Waals surface area contributed by atoms with E-state index in [0.29, 0.717) is 0 Å². The molecule has 0 aliphatic carbocycles. The van der Waals surface area contributed by atoms with E-state index in [4.69, 9.17) is 44.3 Å². The van der Waals surface area contributed by atoms with Gasteiger partial charge in [-0.3, -0.25) is 0 Å². The highest BCUT2D eigenvalue weighted by Crippen LogP contribution is 2.28. The van der Waals surface area contributed by atoms with Crippen LogP contribution in [0, 0.1) is 0 Å². The Morgan fingerprint density at radius 3 is 2.56 bits per heavy atom. The van der Waals surface area contributed by atoms with Gasteiger partial charge in [-0.2, -0.15) is 0 Å². The van der Waals surface area contributed by atoms with Gasteiger partial charge in [0.25, 0.3) is 0 Å². The van der Waals surface area contributed by atoms with Gasteiger partial charge in [-0.15, -0.1) is 0 Å². The molecular weight excluding hydrogens is 315 g/mol. The second-order valence-electron chi connectivity index (χ2n) is 4.94. The number of halogens is 3. The highest BCUT2D eigenvalue weighted by Gasteiger charge is 2.36. The Balaban J connectivity index is 2.74. The fraction of sp³-hybridized carbons (Fsp3) is 0.545. The Morgan fingerprint density at radius 1 is 1.44 bits per heavy atom. The maximum absolute atomic E-state index is 11.9. The number of hydrogen-bond donors (Lipinski definition) is 0. The Labute approximate surface area is 123 Å². The van der Waals surface area contributed by atoms with Gasteiger partial charge in [0.2, 0.25) is 9.90 Å². The predicted octanol–water partition coefficient (Wildman–Crippen LogP) is 3.62. The number of carbonyl (C=O) groups is 1. The van der Waals surface area contributed by atoms with Crippen molar-refractivity contribution < 1.29 is 14.3 Å². The van der Waals surface area contributed by atoms with Gasteiger partial charge in [0, 0.05) is 0 Å². The van der Waals surface area contributed by atoms with E-state index >= 15 is 0 Å². The molecule has 102 valence electrons. The van der Waals surface area contributed by atoms with Gasteiger partial charge in [0.15, 0.2) is 0 Å². The number of carbonyl (C=O) groups excluding carboxylic acids is 1. The van der Waals surface area contributed by atoms with Crippen LogP contribution < -0.4 is 0 Å². The summed E-state index contributed by atoms with van der Waals surface area (Å²) in [5.74, 6) is -0.528. The zero-order chi connectivity index (χ0) is 14.0. The smallest absolute Gasteiger partial charge is 0.351 e. The molecule has 1 aliphatic rings. The van der Waals surface area contributed by atoms with Crippen molar-refractivity contribution in [3.63, 3.8) is 0 Å². The summed E-state index contributed by atoms with van der Waals surface area (Å²) in [5, 5.41) is 0.958. The van der Waals surface area contributed by atoms with E-state index in [1.165, 1.54) is 6.26 Å². The molecule has 0 spiro atoms. The van der Waals surface area contributed by atoms with Crippen LogP contribution in [-0.4, -0.2) is 30.5 Å². The summed E-state index contributed by atoms with van der Waals surface area (Å²) in [6, 6.07) is 0. The highest BCUT2D eigenvalue weighted by molar-refractivity contribution is 6.83. The van der Waals surface area contributed by atoms with Crippen molar-refractivity contribution in [3.05, 3.63) is 23.6 Å². The molecule has 0 unspecified atom stereocenters. The van der Waals surface area contributed by atoms with Crippen LogP contribution in [0.15, 0.2) is 23.6 Å². The number of allylic oxidation sites excluding steroid dienone is 2. The van der Waals surface area contributed by atoms with E-state index < -0.39 is 23.9 Å². The van der Waals surface area contributed by atoms with Crippen LogP contribution >= 0.6 is 34.8 Å². The van der Waals surface area contributed by atoms with Crippen molar-refractivity contribution in [2.45, 2.75) is 29.5 Å². The molecule has 0 aromatic rings. The van der Waals surface area contributed by atoms with Crippen LogP contribution in [0.1, 0.15) is 0 Å². The summed E-state index contributed by atoms with van der Waals surface area (Å²) in [7, 11) is -1.67. The maximum Gasteiger partial charge on any atom is 0.351 e. The molecule has 0 radical (unpaired) electrons. The molecule has 0 fully saturated rings. The number of alkyl halides is 3. The SMILES string of the molecule is C[Si](C)(C)C1=CC=CO[C@H]1C(=O)OCC(Cl)(Cl)Cl. The third-order valence-electron chi connectivity index (χ3n) is 2.31. The molecule has 0 saturated heterocycles. The molecule has 1 atom stereocenters. The van der Waals surface area contributed by atoms with Crippen LogP contribution in [0.25, 0.3) is 0 Å². The van der Waals surface area contributed by atoms with Crippen molar-refractivity contribution >= 4 is 48.8 Å². The van der Waals surface area contributed by atoms with Gasteiger partial charge in [0.05, 0.1) is 14.3 Å². The summed E-state index contributed by atoms with van der Waals surface area (Å²) in [6.45, 7) is 6.07. The van der Waals surface area contributed by atoms with E-state index in [1.54, 1.807) is 6.08 Å². The number of esters is 1. The summed E-state index contributed by atoms with van der Waals surface area (Å²) in [4.78, 5) is 11.9. The summed E-state index contributed by atoms with van der Waals surface area (Å²) < 4.78 is 8.68. The van der Waals surface area contributed by atoms with Crippen LogP contribution in [0.2, 0.25) is 19.6 Å². The second kappa shape index (κ2) is 5.86. The zero-order valence-electron chi connectivity index (χ0n) is 10.4. The van der Waals surface area contributed by atoms with E-state index in [0.717, 1.165) is 5.20 Å². The van der Waals surface area contributed by atoms with E-state index in [-0.39, 0.29) is 6.61 Å². The van der Waals surface area contributed by atoms with Gasteiger partial charge in [-0.25, -0.2) is 4.79 Å². The molecule has 0 aromatic heterocycles. The number of rotatable bonds is 3. The summed E-state index contributed by atoms with van der Waals surface area (Å²) >= 11 is 16.6. The lowest BCUT2D eigenvalue weighted by atomic mass is 10.3. The average Bonchev–Trinajstić information content (AvgIpc) is 2.24. The first-order chi connectivity index (χ1) is 8.11. The minimum atomic E-state index is -1.67. The first-order valence-electron chi connectivity index (χ1n) is 5.37. The van der Waals surface area contributed by atoms with Crippen LogP contribution in [-0.2, 0) is 14.3 Å². The van der Waals surface area contributed by atoms with Crippen LogP contribution in [0.4, 0.5) is 0 Å². The lowest BCUT2D eigenvalue weighted by Gasteiger charge is -2.29. The first-order valence-corrected chi connectivity index (χ1v) is 10.0. The van der Waals surface area contributed by atoms with E-state index in [2.05, 4.69) is 19.6 Å². The van der Waals surface area contributed by atoms with Crippen LogP contribution in [0.3, 0.4) is 0 Å².